The maximum atomic E-state index is 13.8. The quantitative estimate of drug-likeness (QED) is 0.377. The van der Waals surface area contributed by atoms with Crippen molar-refractivity contribution in [1.82, 2.24) is 10.2 Å². The van der Waals surface area contributed by atoms with Gasteiger partial charge in [-0.05, 0) is 68.8 Å². The first-order valence-electron chi connectivity index (χ1n) is 12.1. The summed E-state index contributed by atoms with van der Waals surface area (Å²) in [6.45, 7) is 5.26. The van der Waals surface area contributed by atoms with Crippen molar-refractivity contribution in [3.8, 4) is 5.75 Å². The molecule has 0 radical (unpaired) electrons. The number of carbonyl (C=O) groups excluding carboxylic acids is 2. The topological polar surface area (TPSA) is 96.0 Å². The summed E-state index contributed by atoms with van der Waals surface area (Å²) < 4.78 is 34.2. The van der Waals surface area contributed by atoms with Gasteiger partial charge in [-0.1, -0.05) is 47.5 Å². The van der Waals surface area contributed by atoms with Crippen LogP contribution in [-0.2, 0) is 26.2 Å². The Balaban J connectivity index is 2.02. The molecule has 2 amide bonds. The lowest BCUT2D eigenvalue weighted by molar-refractivity contribution is -0.139. The number of sulfonamides is 1. The van der Waals surface area contributed by atoms with Gasteiger partial charge in [-0.3, -0.25) is 13.9 Å². The van der Waals surface area contributed by atoms with Crippen LogP contribution < -0.4 is 14.4 Å². The summed E-state index contributed by atoms with van der Waals surface area (Å²) in [5, 5.41) is 2.99. The number of carbonyl (C=O) groups is 2. The van der Waals surface area contributed by atoms with Gasteiger partial charge in [0.05, 0.1) is 17.2 Å². The molecule has 0 saturated carbocycles. The smallest absolute Gasteiger partial charge is 0.264 e. The van der Waals surface area contributed by atoms with Crippen molar-refractivity contribution >= 4 is 39.1 Å². The lowest BCUT2D eigenvalue weighted by atomic mass is 10.1. The number of hydrogen-bond donors (Lipinski definition) is 1. The molecule has 0 bridgehead atoms. The molecule has 8 nitrogen and oxygen atoms in total. The van der Waals surface area contributed by atoms with Gasteiger partial charge in [-0.2, -0.15) is 0 Å². The van der Waals surface area contributed by atoms with Crippen LogP contribution in [0.15, 0.2) is 77.7 Å². The Morgan fingerprint density at radius 2 is 1.63 bits per heavy atom. The average molecular weight is 558 g/mol. The largest absolute Gasteiger partial charge is 0.494 e. The highest BCUT2D eigenvalue weighted by atomic mass is 35.5. The number of hydrogen-bond acceptors (Lipinski definition) is 5. The van der Waals surface area contributed by atoms with Gasteiger partial charge >= 0.3 is 0 Å². The Hall–Kier alpha value is -3.56. The van der Waals surface area contributed by atoms with Crippen molar-refractivity contribution in [2.75, 3.05) is 24.5 Å². The van der Waals surface area contributed by atoms with Gasteiger partial charge in [-0.15, -0.1) is 0 Å². The van der Waals surface area contributed by atoms with Crippen LogP contribution in [0.5, 0.6) is 5.75 Å². The molecule has 0 unspecified atom stereocenters. The fourth-order valence-corrected chi connectivity index (χ4v) is 5.45. The molecule has 3 aromatic rings. The summed E-state index contributed by atoms with van der Waals surface area (Å²) in [5.74, 6) is -0.410. The van der Waals surface area contributed by atoms with Crippen molar-refractivity contribution in [3.05, 3.63) is 88.9 Å². The normalized spacial score (nSPS) is 11.9. The van der Waals surface area contributed by atoms with Crippen molar-refractivity contribution < 1.29 is 22.7 Å². The monoisotopic (exact) mass is 557 g/mol. The number of halogens is 1. The van der Waals surface area contributed by atoms with Gasteiger partial charge in [0, 0.05) is 18.6 Å². The van der Waals surface area contributed by atoms with Crippen LogP contribution in [0.1, 0.15) is 25.0 Å². The van der Waals surface area contributed by atoms with E-state index in [1.165, 1.54) is 24.1 Å². The number of nitrogens with zero attached hydrogens (tertiary/aromatic N) is 2. The Morgan fingerprint density at radius 3 is 2.21 bits per heavy atom. The van der Waals surface area contributed by atoms with Gasteiger partial charge in [0.2, 0.25) is 11.8 Å². The van der Waals surface area contributed by atoms with Crippen LogP contribution in [0.4, 0.5) is 5.69 Å². The summed E-state index contributed by atoms with van der Waals surface area (Å²) in [6.07, 6.45) is 0. The fraction of sp³-hybridized carbons (Fsp3) is 0.286. The fourth-order valence-electron chi connectivity index (χ4n) is 3.84. The third-order valence-corrected chi connectivity index (χ3v) is 8.19. The number of likely N-dealkylation sites (N-methyl/N-ethyl adjacent to an activating group) is 1. The van der Waals surface area contributed by atoms with E-state index in [9.17, 15) is 18.0 Å². The molecule has 0 saturated heterocycles. The molecule has 0 aliphatic heterocycles. The summed E-state index contributed by atoms with van der Waals surface area (Å²) in [6, 6.07) is 19.0. The molecule has 0 fully saturated rings. The third-order valence-electron chi connectivity index (χ3n) is 6.04. The molecule has 0 aromatic heterocycles. The van der Waals surface area contributed by atoms with E-state index < -0.39 is 28.5 Å². The zero-order valence-corrected chi connectivity index (χ0v) is 23.4. The average Bonchev–Trinajstić information content (AvgIpc) is 2.91. The molecule has 3 rings (SSSR count). The molecule has 0 spiro atoms. The predicted octanol–water partition coefficient (Wildman–Crippen LogP) is 4.41. The van der Waals surface area contributed by atoms with Crippen LogP contribution in [0.25, 0.3) is 0 Å². The summed E-state index contributed by atoms with van der Waals surface area (Å²) >= 11 is 6.34. The molecular formula is C28H32ClN3O5S. The summed E-state index contributed by atoms with van der Waals surface area (Å²) in [7, 11) is -2.68. The highest BCUT2D eigenvalue weighted by Crippen LogP contribution is 2.27. The molecule has 0 aliphatic rings. The van der Waals surface area contributed by atoms with Crippen LogP contribution >= 0.6 is 11.6 Å². The number of nitrogens with one attached hydrogen (secondary N) is 1. The zero-order valence-electron chi connectivity index (χ0n) is 21.8. The van der Waals surface area contributed by atoms with Crippen LogP contribution in [0.2, 0.25) is 5.02 Å². The van der Waals surface area contributed by atoms with E-state index in [0.29, 0.717) is 28.6 Å². The second-order valence-electron chi connectivity index (χ2n) is 8.65. The first kappa shape index (κ1) is 29.0. The molecule has 202 valence electrons. The highest BCUT2D eigenvalue weighted by molar-refractivity contribution is 7.92. The first-order valence-corrected chi connectivity index (χ1v) is 14.0. The molecule has 1 N–H and O–H groups in total. The lowest BCUT2D eigenvalue weighted by Gasteiger charge is -2.32. The van der Waals surface area contributed by atoms with Crippen molar-refractivity contribution in [1.29, 1.82) is 0 Å². The molecule has 0 heterocycles. The van der Waals surface area contributed by atoms with Gasteiger partial charge in [0.1, 0.15) is 18.3 Å². The Bertz CT molecular complexity index is 1360. The standard InChI is InChI=1S/C28H32ClN3O5S/c1-5-37-24-14-16-25(17-15-24)38(35,36)32(23-12-10-20(2)11-13-23)19-27(33)31(21(3)28(34)30-4)18-22-8-6-7-9-26(22)29/h6-17,21H,5,18-19H2,1-4H3,(H,30,34)/t21-/m0/s1. The Labute approximate surface area is 229 Å². The third kappa shape index (κ3) is 6.85. The zero-order chi connectivity index (χ0) is 27.9. The highest BCUT2D eigenvalue weighted by Gasteiger charge is 2.32. The molecule has 38 heavy (non-hydrogen) atoms. The second-order valence-corrected chi connectivity index (χ2v) is 10.9. The number of rotatable bonds is 11. The molecule has 3 aromatic carbocycles. The minimum Gasteiger partial charge on any atom is -0.494 e. The lowest BCUT2D eigenvalue weighted by Crippen LogP contribution is -2.50. The maximum absolute atomic E-state index is 13.8. The number of amides is 2. The number of ether oxygens (including phenoxy) is 1. The molecular weight excluding hydrogens is 526 g/mol. The summed E-state index contributed by atoms with van der Waals surface area (Å²) in [5.41, 5.74) is 1.89. The van der Waals surface area contributed by atoms with E-state index in [0.717, 1.165) is 9.87 Å². The van der Waals surface area contributed by atoms with Crippen LogP contribution in [0, 0.1) is 6.92 Å². The predicted molar refractivity (Wildman–Crippen MR) is 149 cm³/mol. The molecule has 1 atom stereocenters. The number of benzene rings is 3. The van der Waals surface area contributed by atoms with E-state index >= 15 is 0 Å². The van der Waals surface area contributed by atoms with E-state index in [2.05, 4.69) is 5.32 Å². The van der Waals surface area contributed by atoms with E-state index in [1.807, 2.05) is 13.8 Å². The maximum Gasteiger partial charge on any atom is 0.264 e. The minimum absolute atomic E-state index is 0.00586. The number of anilines is 1. The Kier molecular flexibility index (Phi) is 9.77. The van der Waals surface area contributed by atoms with E-state index in [1.54, 1.807) is 67.6 Å². The molecule has 10 heteroatoms. The van der Waals surface area contributed by atoms with Crippen molar-refractivity contribution in [3.63, 3.8) is 0 Å². The van der Waals surface area contributed by atoms with Crippen LogP contribution in [0.3, 0.4) is 0 Å². The SMILES string of the molecule is CCOc1ccc(S(=O)(=O)N(CC(=O)N(Cc2ccccc2Cl)[C@@H](C)C(=O)NC)c2ccc(C)cc2)cc1. The first-order chi connectivity index (χ1) is 18.1. The van der Waals surface area contributed by atoms with Crippen molar-refractivity contribution in [2.45, 2.75) is 38.3 Å². The Morgan fingerprint density at radius 1 is 1.00 bits per heavy atom. The summed E-state index contributed by atoms with van der Waals surface area (Å²) in [4.78, 5) is 27.6. The van der Waals surface area contributed by atoms with Gasteiger partial charge in [-0.25, -0.2) is 8.42 Å². The van der Waals surface area contributed by atoms with Crippen molar-refractivity contribution in [2.24, 2.45) is 0 Å². The number of aryl methyl sites for hydroxylation is 1. The second kappa shape index (κ2) is 12.8. The van der Waals surface area contributed by atoms with Gasteiger partial charge < -0.3 is 15.0 Å². The van der Waals surface area contributed by atoms with Crippen LogP contribution in [-0.4, -0.2) is 51.4 Å². The van der Waals surface area contributed by atoms with Gasteiger partial charge in [0.15, 0.2) is 0 Å². The van der Waals surface area contributed by atoms with Gasteiger partial charge in [0.25, 0.3) is 10.0 Å². The molecule has 0 aliphatic carbocycles. The minimum atomic E-state index is -4.16. The van der Waals surface area contributed by atoms with E-state index in [-0.39, 0.29) is 17.3 Å². The van der Waals surface area contributed by atoms with E-state index in [4.69, 9.17) is 16.3 Å².